The Balaban J connectivity index is 2.66. The molecular formula is C9H11ClNO4P. The van der Waals surface area contributed by atoms with Crippen molar-refractivity contribution in [1.82, 2.24) is 5.09 Å². The molecule has 0 saturated heterocycles. The van der Waals surface area contributed by atoms with Gasteiger partial charge in [0, 0.05) is 11.2 Å². The fourth-order valence-electron chi connectivity index (χ4n) is 0.930. The van der Waals surface area contributed by atoms with E-state index < -0.39 is 18.9 Å². The molecule has 1 aromatic rings. The summed E-state index contributed by atoms with van der Waals surface area (Å²) in [5.74, 6) is -0.844. The molecule has 1 rings (SSSR count). The van der Waals surface area contributed by atoms with Crippen molar-refractivity contribution < 1.29 is 19.0 Å². The molecule has 0 aliphatic heterocycles. The van der Waals surface area contributed by atoms with Crippen LogP contribution >= 0.6 is 18.1 Å². The normalized spacial score (nSPS) is 16.1. The van der Waals surface area contributed by atoms with Crippen LogP contribution in [-0.4, -0.2) is 17.1 Å². The van der Waals surface area contributed by atoms with Crippen molar-refractivity contribution in [2.45, 2.75) is 13.0 Å². The first-order valence-corrected chi connectivity index (χ1v) is 6.98. The van der Waals surface area contributed by atoms with E-state index in [0.717, 1.165) is 0 Å². The molecule has 0 heterocycles. The molecule has 1 aromatic carbocycles. The fraction of sp³-hybridized carbons (Fsp3) is 0.222. The Morgan fingerprint density at radius 1 is 1.50 bits per heavy atom. The Bertz CT molecular complexity index is 411. The van der Waals surface area contributed by atoms with Crippen LogP contribution in [0, 0.1) is 0 Å². The molecule has 0 aromatic heterocycles. The highest BCUT2D eigenvalue weighted by molar-refractivity contribution is 7.84. The first kappa shape index (κ1) is 13.0. The van der Waals surface area contributed by atoms with Crippen LogP contribution in [0.4, 0.5) is 0 Å². The van der Waals surface area contributed by atoms with Crippen LogP contribution in [0.15, 0.2) is 30.3 Å². The average Bonchev–Trinajstić information content (AvgIpc) is 2.17. The molecule has 0 spiro atoms. The van der Waals surface area contributed by atoms with E-state index in [4.69, 9.17) is 20.9 Å². The van der Waals surface area contributed by atoms with Gasteiger partial charge in [0.15, 0.2) is 0 Å². The molecule has 0 bridgehead atoms. The van der Waals surface area contributed by atoms with Crippen molar-refractivity contribution in [2.75, 3.05) is 0 Å². The van der Waals surface area contributed by atoms with Gasteiger partial charge < -0.3 is 9.63 Å². The lowest BCUT2D eigenvalue weighted by Gasteiger charge is -2.16. The number of carbonyl (C=O) groups is 1. The molecule has 0 radical (unpaired) electrons. The molecule has 0 fully saturated rings. The highest BCUT2D eigenvalue weighted by atomic mass is 35.7. The maximum absolute atomic E-state index is 11.7. The number of nitrogens with one attached hydrogen (secondary N) is 1. The van der Waals surface area contributed by atoms with Gasteiger partial charge in [0.1, 0.15) is 11.8 Å². The van der Waals surface area contributed by atoms with Crippen LogP contribution in [-0.2, 0) is 9.36 Å². The second-order valence-electron chi connectivity index (χ2n) is 3.07. The average molecular weight is 264 g/mol. The van der Waals surface area contributed by atoms with Crippen molar-refractivity contribution in [1.29, 1.82) is 0 Å². The largest absolute Gasteiger partial charge is 0.480 e. The van der Waals surface area contributed by atoms with Gasteiger partial charge in [-0.2, -0.15) is 0 Å². The van der Waals surface area contributed by atoms with Gasteiger partial charge in [-0.25, -0.2) is 9.65 Å². The molecule has 0 aliphatic carbocycles. The van der Waals surface area contributed by atoms with Gasteiger partial charge in [0.25, 0.3) is 0 Å². The SMILES string of the molecule is C[C@@H](NP(=O)(Cl)Oc1ccccc1)C(=O)O. The lowest BCUT2D eigenvalue weighted by Crippen LogP contribution is -2.31. The molecular weight excluding hydrogens is 253 g/mol. The lowest BCUT2D eigenvalue weighted by molar-refractivity contribution is -0.138. The monoisotopic (exact) mass is 263 g/mol. The summed E-state index contributed by atoms with van der Waals surface area (Å²) in [7, 11) is 0. The van der Waals surface area contributed by atoms with Crippen molar-refractivity contribution >= 4 is 24.1 Å². The third-order valence-electron chi connectivity index (χ3n) is 1.68. The summed E-state index contributed by atoms with van der Waals surface area (Å²) in [6.45, 7) is -2.36. The van der Waals surface area contributed by atoms with Crippen molar-refractivity contribution in [2.24, 2.45) is 0 Å². The van der Waals surface area contributed by atoms with Crippen LogP contribution in [0.3, 0.4) is 0 Å². The highest BCUT2D eigenvalue weighted by Crippen LogP contribution is 2.48. The standard InChI is InChI=1S/C9H11ClNO4P/c1-7(9(12)13)11-16(10,14)15-8-5-3-2-4-6-8/h2-7H,1H3,(H,11,14)(H,12,13)/t7-,16?/m1/s1. The summed E-state index contributed by atoms with van der Waals surface area (Å²) < 4.78 is 16.6. The molecule has 5 nitrogen and oxygen atoms in total. The molecule has 2 N–H and O–H groups in total. The highest BCUT2D eigenvalue weighted by Gasteiger charge is 2.26. The molecule has 0 aliphatic rings. The van der Waals surface area contributed by atoms with E-state index >= 15 is 0 Å². The van der Waals surface area contributed by atoms with Gasteiger partial charge in [0.2, 0.25) is 0 Å². The van der Waals surface area contributed by atoms with Crippen molar-refractivity contribution in [3.05, 3.63) is 30.3 Å². The summed E-state index contributed by atoms with van der Waals surface area (Å²) in [4.78, 5) is 10.5. The maximum atomic E-state index is 11.7. The second kappa shape index (κ2) is 5.34. The third kappa shape index (κ3) is 4.23. The quantitative estimate of drug-likeness (QED) is 0.798. The lowest BCUT2D eigenvalue weighted by atomic mass is 10.3. The molecule has 0 amide bonds. The van der Waals surface area contributed by atoms with Crippen LogP contribution in [0.2, 0.25) is 0 Å². The zero-order valence-electron chi connectivity index (χ0n) is 8.46. The van der Waals surface area contributed by atoms with Crippen molar-refractivity contribution in [3.63, 3.8) is 0 Å². The molecule has 1 unspecified atom stereocenters. The number of carboxylic acid groups (broad SMARTS) is 1. The van der Waals surface area contributed by atoms with Crippen LogP contribution in [0.1, 0.15) is 6.92 Å². The summed E-state index contributed by atoms with van der Waals surface area (Å²) in [5, 5.41) is 10.8. The fourth-order valence-corrected chi connectivity index (χ4v) is 2.63. The van der Waals surface area contributed by atoms with E-state index in [9.17, 15) is 9.36 Å². The van der Waals surface area contributed by atoms with Gasteiger partial charge >= 0.3 is 12.8 Å². The van der Waals surface area contributed by atoms with Gasteiger partial charge in [-0.1, -0.05) is 18.2 Å². The Kier molecular flexibility index (Phi) is 4.35. The number of carboxylic acids is 1. The number of para-hydroxylation sites is 1. The van der Waals surface area contributed by atoms with Crippen LogP contribution in [0.5, 0.6) is 5.75 Å². The Morgan fingerprint density at radius 2 is 2.06 bits per heavy atom. The number of hydrogen-bond donors (Lipinski definition) is 2. The van der Waals surface area contributed by atoms with E-state index in [-0.39, 0.29) is 0 Å². The first-order chi connectivity index (χ1) is 7.41. The van der Waals surface area contributed by atoms with Crippen LogP contribution in [0.25, 0.3) is 0 Å². The zero-order valence-corrected chi connectivity index (χ0v) is 10.1. The predicted molar refractivity (Wildman–Crippen MR) is 60.8 cm³/mol. The topological polar surface area (TPSA) is 75.6 Å². The third-order valence-corrected chi connectivity index (χ3v) is 3.33. The van der Waals surface area contributed by atoms with E-state index in [2.05, 4.69) is 5.09 Å². The predicted octanol–water partition coefficient (Wildman–Crippen LogP) is 2.47. The molecule has 88 valence electrons. The van der Waals surface area contributed by atoms with Gasteiger partial charge in [-0.05, 0) is 19.1 Å². The Morgan fingerprint density at radius 3 is 2.56 bits per heavy atom. The molecule has 16 heavy (non-hydrogen) atoms. The Labute approximate surface area is 97.7 Å². The number of aliphatic carboxylic acids is 1. The number of hydrogen-bond acceptors (Lipinski definition) is 3. The van der Waals surface area contributed by atoms with Gasteiger partial charge in [0.05, 0.1) is 0 Å². The molecule has 2 atom stereocenters. The van der Waals surface area contributed by atoms with E-state index in [0.29, 0.717) is 5.75 Å². The van der Waals surface area contributed by atoms with E-state index in [1.54, 1.807) is 30.3 Å². The number of halogens is 1. The van der Waals surface area contributed by atoms with Gasteiger partial charge in [-0.15, -0.1) is 0 Å². The molecule has 7 heteroatoms. The summed E-state index contributed by atoms with van der Waals surface area (Å²) >= 11 is 5.57. The Hall–Kier alpha value is -1.03. The van der Waals surface area contributed by atoms with E-state index in [1.807, 2.05) is 0 Å². The van der Waals surface area contributed by atoms with E-state index in [1.165, 1.54) is 6.92 Å². The van der Waals surface area contributed by atoms with Crippen molar-refractivity contribution in [3.8, 4) is 5.75 Å². The van der Waals surface area contributed by atoms with Gasteiger partial charge in [-0.3, -0.25) is 4.79 Å². The number of benzene rings is 1. The minimum absolute atomic E-state index is 0.311. The zero-order chi connectivity index (χ0) is 12.2. The maximum Gasteiger partial charge on any atom is 0.409 e. The second-order valence-corrected chi connectivity index (χ2v) is 5.81. The summed E-state index contributed by atoms with van der Waals surface area (Å²) in [6, 6.07) is 7.23. The minimum Gasteiger partial charge on any atom is -0.480 e. The summed E-state index contributed by atoms with van der Waals surface area (Å²) in [5.41, 5.74) is 0. The number of rotatable bonds is 5. The first-order valence-electron chi connectivity index (χ1n) is 4.46. The smallest absolute Gasteiger partial charge is 0.409 e. The minimum atomic E-state index is -3.68. The van der Waals surface area contributed by atoms with Crippen LogP contribution < -0.4 is 9.61 Å². The molecule has 0 saturated carbocycles. The summed E-state index contributed by atoms with van der Waals surface area (Å²) in [6.07, 6.45) is 0.